The van der Waals surface area contributed by atoms with Crippen LogP contribution in [0.4, 0.5) is 0 Å². The Bertz CT molecular complexity index is 913. The van der Waals surface area contributed by atoms with Crippen molar-refractivity contribution in [1.82, 2.24) is 4.90 Å². The predicted octanol–water partition coefficient (Wildman–Crippen LogP) is 3.90. The summed E-state index contributed by atoms with van der Waals surface area (Å²) in [4.78, 5) is 2.25. The standard InChI is InChI=1S/C21H20ClN5/c1-13(2)27-8-7-16-15(10-27)19(14-5-3-4-6-18(14)22)20(26)17(9-23)21(16,11-24)12-25/h3-7,13,15,17,19,26H,8,10H2,1-2H3/t15-,17?,19-/m0/s1. The van der Waals surface area contributed by atoms with E-state index >= 15 is 0 Å². The van der Waals surface area contributed by atoms with E-state index in [9.17, 15) is 15.8 Å². The van der Waals surface area contributed by atoms with Crippen LogP contribution in [0.3, 0.4) is 0 Å². The van der Waals surface area contributed by atoms with Crippen LogP contribution in [0.2, 0.25) is 5.02 Å². The van der Waals surface area contributed by atoms with Crippen molar-refractivity contribution in [3.63, 3.8) is 0 Å². The molecule has 1 unspecified atom stereocenters. The van der Waals surface area contributed by atoms with Crippen molar-refractivity contribution in [2.45, 2.75) is 25.8 Å². The summed E-state index contributed by atoms with van der Waals surface area (Å²) < 4.78 is 0. The molecule has 0 bridgehead atoms. The first kappa shape index (κ1) is 19.1. The van der Waals surface area contributed by atoms with Gasteiger partial charge >= 0.3 is 0 Å². The van der Waals surface area contributed by atoms with Crippen LogP contribution in [0.1, 0.15) is 25.3 Å². The molecule has 1 saturated carbocycles. The quantitative estimate of drug-likeness (QED) is 0.790. The van der Waals surface area contributed by atoms with E-state index in [4.69, 9.17) is 17.0 Å². The van der Waals surface area contributed by atoms with Crippen molar-refractivity contribution >= 4 is 17.3 Å². The Morgan fingerprint density at radius 2 is 1.89 bits per heavy atom. The van der Waals surface area contributed by atoms with Gasteiger partial charge in [-0.2, -0.15) is 15.8 Å². The van der Waals surface area contributed by atoms with Crippen LogP contribution in [0.5, 0.6) is 0 Å². The number of benzene rings is 1. The molecule has 6 heteroatoms. The molecule has 1 heterocycles. The average Bonchev–Trinajstić information content (AvgIpc) is 2.67. The largest absolute Gasteiger partial charge is 0.308 e. The molecular formula is C21H20ClN5. The minimum absolute atomic E-state index is 0.0986. The molecule has 0 radical (unpaired) electrons. The normalized spacial score (nSPS) is 27.1. The summed E-state index contributed by atoms with van der Waals surface area (Å²) in [6, 6.07) is 13.8. The number of halogens is 1. The van der Waals surface area contributed by atoms with E-state index in [1.54, 1.807) is 6.07 Å². The Kier molecular flexibility index (Phi) is 5.07. The average molecular weight is 378 g/mol. The topological polar surface area (TPSA) is 98.5 Å². The van der Waals surface area contributed by atoms with Crippen LogP contribution in [-0.2, 0) is 0 Å². The van der Waals surface area contributed by atoms with E-state index in [2.05, 4.69) is 37.0 Å². The van der Waals surface area contributed by atoms with Gasteiger partial charge in [-0.25, -0.2) is 0 Å². The molecule has 1 aromatic rings. The molecule has 0 spiro atoms. The van der Waals surface area contributed by atoms with Crippen molar-refractivity contribution in [3.8, 4) is 18.2 Å². The van der Waals surface area contributed by atoms with Gasteiger partial charge in [0.15, 0.2) is 5.41 Å². The molecule has 3 atom stereocenters. The van der Waals surface area contributed by atoms with Gasteiger partial charge < -0.3 is 5.41 Å². The van der Waals surface area contributed by atoms with Crippen LogP contribution in [0.25, 0.3) is 0 Å². The molecule has 0 saturated heterocycles. The zero-order valence-electron chi connectivity index (χ0n) is 15.3. The third-order valence-electron chi connectivity index (χ3n) is 5.77. The Morgan fingerprint density at radius 3 is 2.44 bits per heavy atom. The lowest BCUT2D eigenvalue weighted by molar-refractivity contribution is 0.182. The summed E-state index contributed by atoms with van der Waals surface area (Å²) in [5.41, 5.74) is -0.0779. The van der Waals surface area contributed by atoms with Gasteiger partial charge in [0, 0.05) is 41.7 Å². The van der Waals surface area contributed by atoms with Crippen LogP contribution < -0.4 is 0 Å². The number of rotatable bonds is 2. The fourth-order valence-electron chi connectivity index (χ4n) is 4.31. The molecule has 27 heavy (non-hydrogen) atoms. The number of nitrogens with one attached hydrogen (secondary N) is 1. The van der Waals surface area contributed by atoms with Crippen LogP contribution in [-0.4, -0.2) is 29.7 Å². The lowest BCUT2D eigenvalue weighted by Gasteiger charge is -2.48. The second-order valence-electron chi connectivity index (χ2n) is 7.36. The highest BCUT2D eigenvalue weighted by atomic mass is 35.5. The minimum Gasteiger partial charge on any atom is -0.308 e. The molecule has 1 fully saturated rings. The highest BCUT2D eigenvalue weighted by Gasteiger charge is 2.57. The summed E-state index contributed by atoms with van der Waals surface area (Å²) in [6.45, 7) is 5.43. The lowest BCUT2D eigenvalue weighted by atomic mass is 9.55. The van der Waals surface area contributed by atoms with Crippen LogP contribution in [0, 0.1) is 56.7 Å². The van der Waals surface area contributed by atoms with E-state index in [0.717, 1.165) is 5.56 Å². The van der Waals surface area contributed by atoms with Gasteiger partial charge in [0.05, 0.1) is 18.2 Å². The third-order valence-corrected chi connectivity index (χ3v) is 6.11. The third kappa shape index (κ3) is 2.83. The minimum atomic E-state index is -1.61. The Morgan fingerprint density at radius 1 is 1.22 bits per heavy atom. The highest BCUT2D eigenvalue weighted by Crippen LogP contribution is 2.53. The molecule has 2 aliphatic rings. The Balaban J connectivity index is 2.24. The first-order valence-electron chi connectivity index (χ1n) is 8.90. The number of fused-ring (bicyclic) bond motifs is 1. The van der Waals surface area contributed by atoms with E-state index in [1.807, 2.05) is 24.3 Å². The second kappa shape index (κ2) is 7.16. The number of hydrogen-bond donors (Lipinski definition) is 1. The molecular weight excluding hydrogens is 358 g/mol. The van der Waals surface area contributed by atoms with Gasteiger partial charge in [0.2, 0.25) is 0 Å². The summed E-state index contributed by atoms with van der Waals surface area (Å²) >= 11 is 6.44. The number of hydrogen-bond acceptors (Lipinski definition) is 5. The van der Waals surface area contributed by atoms with Crippen LogP contribution >= 0.6 is 11.6 Å². The predicted molar refractivity (Wildman–Crippen MR) is 103 cm³/mol. The van der Waals surface area contributed by atoms with Crippen LogP contribution in [0.15, 0.2) is 35.9 Å². The van der Waals surface area contributed by atoms with Crippen molar-refractivity contribution in [2.75, 3.05) is 13.1 Å². The lowest BCUT2D eigenvalue weighted by Crippen LogP contribution is -2.53. The molecule has 1 aromatic carbocycles. The van der Waals surface area contributed by atoms with Crippen molar-refractivity contribution in [2.24, 2.45) is 17.3 Å². The number of nitrogens with zero attached hydrogens (tertiary/aromatic N) is 4. The van der Waals surface area contributed by atoms with Gasteiger partial charge in [-0.15, -0.1) is 0 Å². The summed E-state index contributed by atoms with van der Waals surface area (Å²) in [6.07, 6.45) is 1.92. The zero-order valence-corrected chi connectivity index (χ0v) is 16.0. The monoisotopic (exact) mass is 377 g/mol. The van der Waals surface area contributed by atoms with Gasteiger partial charge in [-0.05, 0) is 31.1 Å². The van der Waals surface area contributed by atoms with Crippen molar-refractivity contribution in [3.05, 3.63) is 46.5 Å². The summed E-state index contributed by atoms with van der Waals surface area (Å²) in [7, 11) is 0. The molecule has 1 N–H and O–H groups in total. The van der Waals surface area contributed by atoms with E-state index < -0.39 is 17.3 Å². The summed E-state index contributed by atoms with van der Waals surface area (Å²) in [5, 5.41) is 38.8. The van der Waals surface area contributed by atoms with E-state index in [-0.39, 0.29) is 17.7 Å². The molecule has 5 nitrogen and oxygen atoms in total. The number of nitriles is 3. The maximum atomic E-state index is 9.89. The Hall–Kier alpha value is -2.65. The first-order valence-corrected chi connectivity index (χ1v) is 9.28. The van der Waals surface area contributed by atoms with Gasteiger partial charge in [0.1, 0.15) is 5.92 Å². The van der Waals surface area contributed by atoms with Gasteiger partial charge in [-0.1, -0.05) is 35.9 Å². The SMILES string of the molecule is CC(C)N1CC=C2[C@H](C1)[C@H](c1ccccc1Cl)C(=N)C(C#N)C2(C#N)C#N. The molecule has 0 aromatic heterocycles. The van der Waals surface area contributed by atoms with Crippen molar-refractivity contribution in [1.29, 1.82) is 21.2 Å². The molecule has 1 aliphatic heterocycles. The van der Waals surface area contributed by atoms with Crippen molar-refractivity contribution < 1.29 is 0 Å². The molecule has 136 valence electrons. The maximum absolute atomic E-state index is 9.89. The van der Waals surface area contributed by atoms with E-state index in [0.29, 0.717) is 23.7 Å². The molecule has 3 rings (SSSR count). The first-order chi connectivity index (χ1) is 12.9. The van der Waals surface area contributed by atoms with E-state index in [1.165, 1.54) is 0 Å². The highest BCUT2D eigenvalue weighted by molar-refractivity contribution is 6.31. The summed E-state index contributed by atoms with van der Waals surface area (Å²) in [5.74, 6) is -1.77. The fraction of sp³-hybridized carbons (Fsp3) is 0.429. The maximum Gasteiger partial charge on any atom is 0.186 e. The smallest absolute Gasteiger partial charge is 0.186 e. The van der Waals surface area contributed by atoms with Gasteiger partial charge in [-0.3, -0.25) is 4.90 Å². The fourth-order valence-corrected chi connectivity index (χ4v) is 4.56. The molecule has 0 amide bonds. The Labute approximate surface area is 164 Å². The van der Waals surface area contributed by atoms with Gasteiger partial charge in [0.25, 0.3) is 0 Å². The zero-order chi connectivity index (χ0) is 19.8. The molecule has 1 aliphatic carbocycles. The second-order valence-corrected chi connectivity index (χ2v) is 7.77.